The third-order valence-corrected chi connectivity index (χ3v) is 3.36. The van der Waals surface area contributed by atoms with Gasteiger partial charge in [-0.2, -0.15) is 0 Å². The molecule has 0 aromatic carbocycles. The van der Waals surface area contributed by atoms with Crippen molar-refractivity contribution in [3.63, 3.8) is 0 Å². The highest BCUT2D eigenvalue weighted by atomic mass is 16.3. The summed E-state index contributed by atoms with van der Waals surface area (Å²) in [7, 11) is 2.15. The van der Waals surface area contributed by atoms with E-state index in [2.05, 4.69) is 21.9 Å². The summed E-state index contributed by atoms with van der Waals surface area (Å²) in [6, 6.07) is 1.98. The second-order valence-corrected chi connectivity index (χ2v) is 5.44. The predicted octanol–water partition coefficient (Wildman–Crippen LogP) is 1.51. The lowest BCUT2D eigenvalue weighted by atomic mass is 9.93. The van der Waals surface area contributed by atoms with Crippen LogP contribution in [0.4, 0.5) is 0 Å². The van der Waals surface area contributed by atoms with E-state index in [0.717, 1.165) is 31.6 Å². The fraction of sp³-hybridized carbons (Fsp3) is 0.692. The van der Waals surface area contributed by atoms with Crippen molar-refractivity contribution in [3.05, 3.63) is 23.8 Å². The van der Waals surface area contributed by atoms with Gasteiger partial charge >= 0.3 is 0 Å². The van der Waals surface area contributed by atoms with Crippen LogP contribution in [0, 0.1) is 0 Å². The molecule has 0 saturated carbocycles. The number of likely N-dealkylation sites (tertiary alicyclic amines) is 1. The van der Waals surface area contributed by atoms with Gasteiger partial charge < -0.3 is 10.0 Å². The second-order valence-electron chi connectivity index (χ2n) is 5.44. The molecule has 1 fully saturated rings. The van der Waals surface area contributed by atoms with Crippen molar-refractivity contribution >= 4 is 0 Å². The SMILES string of the molecule is CN1CCC(c2ccnc(C(C)(C)O)n2)CC1. The van der Waals surface area contributed by atoms with E-state index in [9.17, 15) is 5.11 Å². The third-order valence-electron chi connectivity index (χ3n) is 3.36. The fourth-order valence-electron chi connectivity index (χ4n) is 2.20. The average Bonchev–Trinajstić information content (AvgIpc) is 2.29. The van der Waals surface area contributed by atoms with E-state index in [1.54, 1.807) is 20.0 Å². The number of piperidine rings is 1. The van der Waals surface area contributed by atoms with E-state index in [1.807, 2.05) is 6.07 Å². The predicted molar refractivity (Wildman–Crippen MR) is 66.7 cm³/mol. The number of aromatic nitrogens is 2. The Morgan fingerprint density at radius 1 is 1.35 bits per heavy atom. The Hall–Kier alpha value is -1.00. The molecule has 1 N–H and O–H groups in total. The maximum absolute atomic E-state index is 9.92. The van der Waals surface area contributed by atoms with Gasteiger partial charge in [0.25, 0.3) is 0 Å². The van der Waals surface area contributed by atoms with E-state index in [0.29, 0.717) is 11.7 Å². The van der Waals surface area contributed by atoms with Crippen LogP contribution in [0.1, 0.15) is 44.1 Å². The van der Waals surface area contributed by atoms with Crippen LogP contribution in [-0.2, 0) is 5.60 Å². The van der Waals surface area contributed by atoms with Crippen molar-refractivity contribution in [2.24, 2.45) is 0 Å². The molecule has 0 atom stereocenters. The number of hydrogen-bond acceptors (Lipinski definition) is 4. The van der Waals surface area contributed by atoms with Gasteiger partial charge in [0.2, 0.25) is 0 Å². The molecule has 1 aliphatic rings. The highest BCUT2D eigenvalue weighted by Crippen LogP contribution is 2.27. The zero-order valence-electron chi connectivity index (χ0n) is 10.8. The molecule has 4 heteroatoms. The highest BCUT2D eigenvalue weighted by molar-refractivity contribution is 5.12. The number of rotatable bonds is 2. The zero-order chi connectivity index (χ0) is 12.5. The monoisotopic (exact) mass is 235 g/mol. The van der Waals surface area contributed by atoms with E-state index < -0.39 is 5.60 Å². The first-order valence-corrected chi connectivity index (χ1v) is 6.21. The first-order valence-electron chi connectivity index (χ1n) is 6.21. The molecule has 17 heavy (non-hydrogen) atoms. The molecule has 0 aliphatic carbocycles. The standard InChI is InChI=1S/C13H21N3O/c1-13(2,17)12-14-7-4-11(15-12)10-5-8-16(3)9-6-10/h4,7,10,17H,5-6,8-9H2,1-3H3. The summed E-state index contributed by atoms with van der Waals surface area (Å²) in [5.74, 6) is 1.03. The quantitative estimate of drug-likeness (QED) is 0.844. The lowest BCUT2D eigenvalue weighted by molar-refractivity contribution is 0.0682. The Balaban J connectivity index is 2.16. The van der Waals surface area contributed by atoms with Crippen LogP contribution in [0.3, 0.4) is 0 Å². The lowest BCUT2D eigenvalue weighted by Crippen LogP contribution is -2.30. The minimum Gasteiger partial charge on any atom is -0.382 e. The molecule has 2 heterocycles. The van der Waals surface area contributed by atoms with Gasteiger partial charge in [-0.15, -0.1) is 0 Å². The molecule has 0 radical (unpaired) electrons. The minimum atomic E-state index is -0.957. The first-order chi connectivity index (χ1) is 7.97. The zero-order valence-corrected chi connectivity index (χ0v) is 10.8. The Labute approximate surface area is 103 Å². The normalized spacial score (nSPS) is 19.5. The summed E-state index contributed by atoms with van der Waals surface area (Å²) in [5.41, 5.74) is 0.117. The van der Waals surface area contributed by atoms with E-state index in [1.165, 1.54) is 0 Å². The summed E-state index contributed by atoms with van der Waals surface area (Å²) in [4.78, 5) is 11.0. The van der Waals surface area contributed by atoms with Crippen molar-refractivity contribution in [2.75, 3.05) is 20.1 Å². The van der Waals surface area contributed by atoms with Crippen LogP contribution in [0.2, 0.25) is 0 Å². The van der Waals surface area contributed by atoms with Crippen LogP contribution in [0.25, 0.3) is 0 Å². The van der Waals surface area contributed by atoms with E-state index in [-0.39, 0.29) is 0 Å². The van der Waals surface area contributed by atoms with Gasteiger partial charge in [0.1, 0.15) is 5.60 Å². The molecular formula is C13H21N3O. The number of nitrogens with zero attached hydrogens (tertiary/aromatic N) is 3. The van der Waals surface area contributed by atoms with Crippen LogP contribution in [0.15, 0.2) is 12.3 Å². The first kappa shape index (κ1) is 12.5. The molecule has 1 saturated heterocycles. The van der Waals surface area contributed by atoms with Gasteiger partial charge in [0, 0.05) is 17.8 Å². The third kappa shape index (κ3) is 3.01. The van der Waals surface area contributed by atoms with Gasteiger partial charge in [0.15, 0.2) is 5.82 Å². The van der Waals surface area contributed by atoms with Crippen molar-refractivity contribution in [1.82, 2.24) is 14.9 Å². The maximum atomic E-state index is 9.92. The Kier molecular flexibility index (Phi) is 3.45. The fourth-order valence-corrected chi connectivity index (χ4v) is 2.20. The van der Waals surface area contributed by atoms with E-state index in [4.69, 9.17) is 0 Å². The molecule has 1 aromatic rings. The van der Waals surface area contributed by atoms with Crippen LogP contribution in [-0.4, -0.2) is 40.1 Å². The highest BCUT2D eigenvalue weighted by Gasteiger charge is 2.23. The molecule has 0 unspecified atom stereocenters. The van der Waals surface area contributed by atoms with Crippen molar-refractivity contribution in [1.29, 1.82) is 0 Å². The van der Waals surface area contributed by atoms with Crippen molar-refractivity contribution in [2.45, 2.75) is 38.2 Å². The molecule has 0 amide bonds. The largest absolute Gasteiger partial charge is 0.382 e. The van der Waals surface area contributed by atoms with Gasteiger partial charge in [-0.3, -0.25) is 0 Å². The maximum Gasteiger partial charge on any atom is 0.159 e. The van der Waals surface area contributed by atoms with Gasteiger partial charge in [-0.25, -0.2) is 9.97 Å². The van der Waals surface area contributed by atoms with E-state index >= 15 is 0 Å². The van der Waals surface area contributed by atoms with Crippen LogP contribution >= 0.6 is 0 Å². The summed E-state index contributed by atoms with van der Waals surface area (Å²) in [6.45, 7) is 5.68. The van der Waals surface area contributed by atoms with Crippen LogP contribution in [0.5, 0.6) is 0 Å². The smallest absolute Gasteiger partial charge is 0.159 e. The second kappa shape index (κ2) is 4.70. The summed E-state index contributed by atoms with van der Waals surface area (Å²) in [5, 5.41) is 9.92. The average molecular weight is 235 g/mol. The summed E-state index contributed by atoms with van der Waals surface area (Å²) < 4.78 is 0. The Morgan fingerprint density at radius 2 is 2.00 bits per heavy atom. The lowest BCUT2D eigenvalue weighted by Gasteiger charge is -2.29. The summed E-state index contributed by atoms with van der Waals surface area (Å²) in [6.07, 6.45) is 4.03. The molecular weight excluding hydrogens is 214 g/mol. The van der Waals surface area contributed by atoms with Gasteiger partial charge in [0.05, 0.1) is 0 Å². The molecule has 0 spiro atoms. The molecule has 1 aromatic heterocycles. The van der Waals surface area contributed by atoms with Crippen molar-refractivity contribution < 1.29 is 5.11 Å². The molecule has 1 aliphatic heterocycles. The number of aliphatic hydroxyl groups is 1. The van der Waals surface area contributed by atoms with Gasteiger partial charge in [-0.05, 0) is 52.9 Å². The molecule has 94 valence electrons. The summed E-state index contributed by atoms with van der Waals surface area (Å²) >= 11 is 0. The minimum absolute atomic E-state index is 0.510. The topological polar surface area (TPSA) is 49.2 Å². The molecule has 4 nitrogen and oxygen atoms in total. The van der Waals surface area contributed by atoms with Gasteiger partial charge in [-0.1, -0.05) is 0 Å². The molecule has 0 bridgehead atoms. The van der Waals surface area contributed by atoms with Crippen molar-refractivity contribution in [3.8, 4) is 0 Å². The number of hydrogen-bond donors (Lipinski definition) is 1. The Morgan fingerprint density at radius 3 is 2.59 bits per heavy atom. The Bertz CT molecular complexity index is 378. The van der Waals surface area contributed by atoms with Crippen LogP contribution < -0.4 is 0 Å². The molecule has 2 rings (SSSR count).